The normalized spacial score (nSPS) is 17.2. The lowest BCUT2D eigenvalue weighted by atomic mass is 9.97. The smallest absolute Gasteiger partial charge is 0.256 e. The van der Waals surface area contributed by atoms with E-state index in [2.05, 4.69) is 24.1 Å². The van der Waals surface area contributed by atoms with Crippen LogP contribution in [0.5, 0.6) is 0 Å². The van der Waals surface area contributed by atoms with Gasteiger partial charge in [-0.25, -0.2) is 0 Å². The van der Waals surface area contributed by atoms with Crippen LogP contribution in [0.15, 0.2) is 18.2 Å². The van der Waals surface area contributed by atoms with Crippen LogP contribution < -0.4 is 10.2 Å². The minimum Gasteiger partial charge on any atom is -0.371 e. The lowest BCUT2D eigenvalue weighted by molar-refractivity contribution is -0.116. The molecule has 0 aromatic heterocycles. The predicted octanol–water partition coefficient (Wildman–Crippen LogP) is 5.85. The van der Waals surface area contributed by atoms with E-state index in [1.54, 1.807) is 0 Å². The molecule has 0 bridgehead atoms. The molecular formula is C26H41N3O2. The summed E-state index contributed by atoms with van der Waals surface area (Å²) in [5.74, 6) is 0.905. The molecule has 0 radical (unpaired) electrons. The maximum atomic E-state index is 13.3. The van der Waals surface area contributed by atoms with Crippen molar-refractivity contribution in [2.45, 2.75) is 84.5 Å². The van der Waals surface area contributed by atoms with E-state index in [1.165, 1.54) is 25.7 Å². The summed E-state index contributed by atoms with van der Waals surface area (Å²) in [6.07, 6.45) is 12.1. The molecular weight excluding hydrogens is 386 g/mol. The molecule has 1 N–H and O–H groups in total. The van der Waals surface area contributed by atoms with Crippen molar-refractivity contribution in [3.8, 4) is 0 Å². The third kappa shape index (κ3) is 6.98. The Bertz CT molecular complexity index is 719. The molecule has 0 aliphatic carbocycles. The molecule has 5 nitrogen and oxygen atoms in total. The van der Waals surface area contributed by atoms with E-state index in [-0.39, 0.29) is 11.8 Å². The van der Waals surface area contributed by atoms with E-state index in [4.69, 9.17) is 0 Å². The zero-order valence-electron chi connectivity index (χ0n) is 19.6. The third-order valence-electron chi connectivity index (χ3n) is 6.79. The van der Waals surface area contributed by atoms with Gasteiger partial charge in [0.15, 0.2) is 0 Å². The van der Waals surface area contributed by atoms with Crippen LogP contribution in [-0.4, -0.2) is 42.9 Å². The van der Waals surface area contributed by atoms with Gasteiger partial charge in [-0.1, -0.05) is 46.0 Å². The highest BCUT2D eigenvalue weighted by Gasteiger charge is 2.26. The van der Waals surface area contributed by atoms with E-state index < -0.39 is 0 Å². The zero-order chi connectivity index (χ0) is 22.1. The first-order valence-corrected chi connectivity index (χ1v) is 12.6. The predicted molar refractivity (Wildman–Crippen MR) is 129 cm³/mol. The molecule has 0 atom stereocenters. The molecule has 1 aromatic rings. The van der Waals surface area contributed by atoms with Crippen molar-refractivity contribution in [2.24, 2.45) is 5.92 Å². The van der Waals surface area contributed by atoms with Crippen LogP contribution in [0.25, 0.3) is 0 Å². The minimum absolute atomic E-state index is 0.0506. The van der Waals surface area contributed by atoms with Gasteiger partial charge >= 0.3 is 0 Å². The van der Waals surface area contributed by atoms with Gasteiger partial charge < -0.3 is 15.1 Å². The van der Waals surface area contributed by atoms with E-state index >= 15 is 0 Å². The van der Waals surface area contributed by atoms with Crippen LogP contribution >= 0.6 is 0 Å². The zero-order valence-corrected chi connectivity index (χ0v) is 19.6. The Labute approximate surface area is 188 Å². The minimum atomic E-state index is 0.0506. The van der Waals surface area contributed by atoms with Crippen LogP contribution in [0.2, 0.25) is 0 Å². The number of carbonyl (C=O) groups excluding carboxylic acids is 2. The Hall–Kier alpha value is -2.04. The Morgan fingerprint density at radius 3 is 2.35 bits per heavy atom. The summed E-state index contributed by atoms with van der Waals surface area (Å²) in [6, 6.07) is 5.92. The van der Waals surface area contributed by atoms with Crippen molar-refractivity contribution in [2.75, 3.05) is 36.4 Å². The molecule has 2 aliphatic rings. The number of carbonyl (C=O) groups is 2. The second-order valence-corrected chi connectivity index (χ2v) is 9.47. The first kappa shape index (κ1) is 23.6. The number of anilines is 2. The number of amides is 2. The van der Waals surface area contributed by atoms with Gasteiger partial charge in [-0.2, -0.15) is 0 Å². The number of unbranched alkanes of at least 4 members (excludes halogenated alkanes) is 5. The fourth-order valence-corrected chi connectivity index (χ4v) is 4.69. The quantitative estimate of drug-likeness (QED) is 0.477. The third-order valence-corrected chi connectivity index (χ3v) is 6.79. The molecule has 3 rings (SSSR count). The molecule has 2 amide bonds. The summed E-state index contributed by atoms with van der Waals surface area (Å²) in [6.45, 7) is 8.17. The number of nitrogens with one attached hydrogen (secondary N) is 1. The number of hydrogen-bond acceptors (Lipinski definition) is 3. The summed E-state index contributed by atoms with van der Waals surface area (Å²) in [5, 5.41) is 3.04. The maximum Gasteiger partial charge on any atom is 0.256 e. The van der Waals surface area contributed by atoms with Gasteiger partial charge in [0.2, 0.25) is 5.91 Å². The summed E-state index contributed by atoms with van der Waals surface area (Å²) in [7, 11) is 0. The average molecular weight is 428 g/mol. The fraction of sp³-hybridized carbons (Fsp3) is 0.692. The fourth-order valence-electron chi connectivity index (χ4n) is 4.69. The van der Waals surface area contributed by atoms with Gasteiger partial charge in [-0.15, -0.1) is 0 Å². The van der Waals surface area contributed by atoms with Crippen LogP contribution in [0, 0.1) is 5.92 Å². The van der Waals surface area contributed by atoms with E-state index in [9.17, 15) is 9.59 Å². The Balaban J connectivity index is 1.65. The van der Waals surface area contributed by atoms with E-state index in [0.29, 0.717) is 6.42 Å². The molecule has 2 fully saturated rings. The molecule has 0 spiro atoms. The first-order chi connectivity index (χ1) is 15.1. The summed E-state index contributed by atoms with van der Waals surface area (Å²) in [4.78, 5) is 30.1. The van der Waals surface area contributed by atoms with E-state index in [0.717, 1.165) is 87.6 Å². The largest absolute Gasteiger partial charge is 0.371 e. The highest BCUT2D eigenvalue weighted by molar-refractivity contribution is 6.02. The van der Waals surface area contributed by atoms with Gasteiger partial charge in [0, 0.05) is 44.0 Å². The number of hydrogen-bond donors (Lipinski definition) is 1. The molecule has 2 aliphatic heterocycles. The number of rotatable bonds is 10. The number of piperidine rings is 1. The van der Waals surface area contributed by atoms with Crippen LogP contribution in [0.1, 0.15) is 94.8 Å². The number of likely N-dealkylation sites (tertiary alicyclic amines) is 1. The lowest BCUT2D eigenvalue weighted by Crippen LogP contribution is -2.35. The maximum absolute atomic E-state index is 13.3. The molecule has 0 unspecified atom stereocenters. The number of benzene rings is 1. The van der Waals surface area contributed by atoms with E-state index in [1.807, 2.05) is 23.1 Å². The second-order valence-electron chi connectivity index (χ2n) is 9.47. The molecule has 0 saturated carbocycles. The van der Waals surface area contributed by atoms with Crippen molar-refractivity contribution in [1.82, 2.24) is 4.90 Å². The Morgan fingerprint density at radius 2 is 1.65 bits per heavy atom. The van der Waals surface area contributed by atoms with Gasteiger partial charge in [0.05, 0.1) is 5.56 Å². The Kier molecular flexibility index (Phi) is 9.23. The second kappa shape index (κ2) is 12.1. The van der Waals surface area contributed by atoms with Gasteiger partial charge in [0.1, 0.15) is 0 Å². The monoisotopic (exact) mass is 427 g/mol. The molecule has 5 heteroatoms. The summed E-state index contributed by atoms with van der Waals surface area (Å²) in [5.41, 5.74) is 2.51. The first-order valence-electron chi connectivity index (χ1n) is 12.6. The topological polar surface area (TPSA) is 52.7 Å². The molecule has 2 saturated heterocycles. The average Bonchev–Trinajstić information content (AvgIpc) is 3.31. The van der Waals surface area contributed by atoms with Crippen molar-refractivity contribution < 1.29 is 9.59 Å². The molecule has 172 valence electrons. The van der Waals surface area contributed by atoms with Crippen molar-refractivity contribution in [3.63, 3.8) is 0 Å². The van der Waals surface area contributed by atoms with Crippen molar-refractivity contribution in [1.29, 1.82) is 0 Å². The van der Waals surface area contributed by atoms with Crippen molar-refractivity contribution >= 4 is 23.2 Å². The molecule has 2 heterocycles. The highest BCUT2D eigenvalue weighted by atomic mass is 16.2. The molecule has 1 aromatic carbocycles. The van der Waals surface area contributed by atoms with Crippen LogP contribution in [0.3, 0.4) is 0 Å². The Morgan fingerprint density at radius 1 is 0.968 bits per heavy atom. The van der Waals surface area contributed by atoms with Gasteiger partial charge in [-0.3, -0.25) is 9.59 Å². The molecule has 31 heavy (non-hydrogen) atoms. The van der Waals surface area contributed by atoms with Gasteiger partial charge in [0.25, 0.3) is 5.91 Å². The summed E-state index contributed by atoms with van der Waals surface area (Å²) < 4.78 is 0. The van der Waals surface area contributed by atoms with Crippen molar-refractivity contribution in [3.05, 3.63) is 23.8 Å². The summed E-state index contributed by atoms with van der Waals surface area (Å²) >= 11 is 0. The lowest BCUT2D eigenvalue weighted by Gasteiger charge is -2.34. The SMILES string of the molecule is CCCCCCCCC(=O)Nc1ccc(N2CCC(C)CC2)c(C(=O)N2CCCC2)c1. The highest BCUT2D eigenvalue weighted by Crippen LogP contribution is 2.30. The van der Waals surface area contributed by atoms with Crippen LogP contribution in [-0.2, 0) is 4.79 Å². The van der Waals surface area contributed by atoms with Crippen LogP contribution in [0.4, 0.5) is 11.4 Å². The standard InChI is InChI=1S/C26H41N3O2/c1-3-4-5-6-7-8-11-25(30)27-22-12-13-24(28-18-14-21(2)15-19-28)23(20-22)26(31)29-16-9-10-17-29/h12-13,20-21H,3-11,14-19H2,1-2H3,(H,27,30). The van der Waals surface area contributed by atoms with Gasteiger partial charge in [-0.05, 0) is 56.2 Å². The number of nitrogens with zero attached hydrogens (tertiary/aromatic N) is 2.